The standard InChI is InChI=1S/C11H16N4O2/c1-8-12-10-7-14(4-5-15(10)13-8)11(16)9-3-2-6-17-9/h9H,2-7H2,1H3. The van der Waals surface area contributed by atoms with Crippen LogP contribution in [0.2, 0.25) is 0 Å². The quantitative estimate of drug-likeness (QED) is 0.694. The molecule has 0 spiro atoms. The first-order valence-electron chi connectivity index (χ1n) is 6.05. The number of carbonyl (C=O) groups is 1. The molecule has 1 fully saturated rings. The van der Waals surface area contributed by atoms with Crippen molar-refractivity contribution < 1.29 is 9.53 Å². The predicted octanol–water partition coefficient (Wildman–Crippen LogP) is 0.108. The molecule has 1 atom stereocenters. The molecular formula is C11H16N4O2. The number of nitrogens with zero attached hydrogens (tertiary/aromatic N) is 4. The van der Waals surface area contributed by atoms with Gasteiger partial charge in [0.15, 0.2) is 0 Å². The van der Waals surface area contributed by atoms with Crippen LogP contribution in [0.3, 0.4) is 0 Å². The van der Waals surface area contributed by atoms with Crippen molar-refractivity contribution in [2.75, 3.05) is 13.2 Å². The Labute approximate surface area is 99.6 Å². The first-order chi connectivity index (χ1) is 8.24. The largest absolute Gasteiger partial charge is 0.368 e. The third kappa shape index (κ3) is 1.93. The van der Waals surface area contributed by atoms with E-state index in [4.69, 9.17) is 4.74 Å². The van der Waals surface area contributed by atoms with Gasteiger partial charge in [-0.3, -0.25) is 4.79 Å². The third-order valence-corrected chi connectivity index (χ3v) is 3.29. The van der Waals surface area contributed by atoms with Crippen LogP contribution in [0, 0.1) is 6.92 Å². The van der Waals surface area contributed by atoms with Crippen molar-refractivity contribution in [2.24, 2.45) is 0 Å². The Morgan fingerprint density at radius 2 is 2.35 bits per heavy atom. The lowest BCUT2D eigenvalue weighted by Crippen LogP contribution is -2.43. The van der Waals surface area contributed by atoms with Gasteiger partial charge < -0.3 is 9.64 Å². The molecule has 1 unspecified atom stereocenters. The van der Waals surface area contributed by atoms with Gasteiger partial charge in [0, 0.05) is 13.2 Å². The van der Waals surface area contributed by atoms with Gasteiger partial charge in [-0.2, -0.15) is 5.10 Å². The molecule has 0 bridgehead atoms. The second-order valence-corrected chi connectivity index (χ2v) is 4.56. The molecule has 1 saturated heterocycles. The topological polar surface area (TPSA) is 60.2 Å². The van der Waals surface area contributed by atoms with E-state index in [9.17, 15) is 4.79 Å². The first-order valence-corrected chi connectivity index (χ1v) is 6.05. The summed E-state index contributed by atoms with van der Waals surface area (Å²) in [6, 6.07) is 0. The molecule has 92 valence electrons. The first kappa shape index (κ1) is 10.7. The highest BCUT2D eigenvalue weighted by Crippen LogP contribution is 2.18. The summed E-state index contributed by atoms with van der Waals surface area (Å²) in [5, 5.41) is 4.28. The number of fused-ring (bicyclic) bond motifs is 1. The average Bonchev–Trinajstić information content (AvgIpc) is 2.94. The molecule has 6 nitrogen and oxygen atoms in total. The lowest BCUT2D eigenvalue weighted by molar-refractivity contribution is -0.142. The zero-order chi connectivity index (χ0) is 11.8. The predicted molar refractivity (Wildman–Crippen MR) is 59.2 cm³/mol. The normalized spacial score (nSPS) is 23.8. The summed E-state index contributed by atoms with van der Waals surface area (Å²) in [5.74, 6) is 1.75. The van der Waals surface area contributed by atoms with Gasteiger partial charge in [-0.1, -0.05) is 0 Å². The van der Waals surface area contributed by atoms with E-state index < -0.39 is 0 Å². The molecule has 0 saturated carbocycles. The van der Waals surface area contributed by atoms with Gasteiger partial charge in [-0.15, -0.1) is 0 Å². The Bertz CT molecular complexity index is 437. The smallest absolute Gasteiger partial charge is 0.252 e. The Hall–Kier alpha value is -1.43. The monoisotopic (exact) mass is 236 g/mol. The summed E-state index contributed by atoms with van der Waals surface area (Å²) in [5.41, 5.74) is 0. The molecule has 2 aliphatic rings. The molecule has 1 amide bonds. The van der Waals surface area contributed by atoms with E-state index in [0.717, 1.165) is 31.0 Å². The fraction of sp³-hybridized carbons (Fsp3) is 0.727. The molecule has 1 aromatic heterocycles. The number of ether oxygens (including phenoxy) is 1. The molecule has 0 radical (unpaired) electrons. The zero-order valence-electron chi connectivity index (χ0n) is 9.93. The van der Waals surface area contributed by atoms with Crippen LogP contribution in [-0.2, 0) is 22.6 Å². The minimum Gasteiger partial charge on any atom is -0.368 e. The van der Waals surface area contributed by atoms with Crippen molar-refractivity contribution >= 4 is 5.91 Å². The number of rotatable bonds is 1. The average molecular weight is 236 g/mol. The highest BCUT2D eigenvalue weighted by molar-refractivity contribution is 5.81. The van der Waals surface area contributed by atoms with Gasteiger partial charge in [0.2, 0.25) is 0 Å². The highest BCUT2D eigenvalue weighted by Gasteiger charge is 2.31. The summed E-state index contributed by atoms with van der Waals surface area (Å²) in [6.07, 6.45) is 1.60. The number of aryl methyl sites for hydroxylation is 1. The van der Waals surface area contributed by atoms with Gasteiger partial charge in [-0.05, 0) is 19.8 Å². The van der Waals surface area contributed by atoms with Gasteiger partial charge in [0.05, 0.1) is 13.1 Å². The summed E-state index contributed by atoms with van der Waals surface area (Å²) in [7, 11) is 0. The van der Waals surface area contributed by atoms with Crippen LogP contribution in [0.5, 0.6) is 0 Å². The number of carbonyl (C=O) groups excluding carboxylic acids is 1. The Balaban J connectivity index is 1.72. The van der Waals surface area contributed by atoms with E-state index in [1.165, 1.54) is 0 Å². The van der Waals surface area contributed by atoms with Crippen molar-refractivity contribution in [1.82, 2.24) is 19.7 Å². The second kappa shape index (κ2) is 4.10. The van der Waals surface area contributed by atoms with Crippen LogP contribution in [0.4, 0.5) is 0 Å². The van der Waals surface area contributed by atoms with Crippen molar-refractivity contribution in [3.63, 3.8) is 0 Å². The van der Waals surface area contributed by atoms with Gasteiger partial charge in [-0.25, -0.2) is 9.67 Å². The fourth-order valence-corrected chi connectivity index (χ4v) is 2.42. The highest BCUT2D eigenvalue weighted by atomic mass is 16.5. The van der Waals surface area contributed by atoms with Crippen LogP contribution in [0.1, 0.15) is 24.5 Å². The van der Waals surface area contributed by atoms with Gasteiger partial charge in [0.1, 0.15) is 17.8 Å². The van der Waals surface area contributed by atoms with Crippen LogP contribution >= 0.6 is 0 Å². The summed E-state index contributed by atoms with van der Waals surface area (Å²) in [6.45, 7) is 4.57. The van der Waals surface area contributed by atoms with Gasteiger partial charge >= 0.3 is 0 Å². The lowest BCUT2D eigenvalue weighted by Gasteiger charge is -2.28. The maximum atomic E-state index is 12.2. The number of hydrogen-bond donors (Lipinski definition) is 0. The van der Waals surface area contributed by atoms with E-state index >= 15 is 0 Å². The Morgan fingerprint density at radius 3 is 3.12 bits per heavy atom. The molecule has 1 aromatic rings. The van der Waals surface area contributed by atoms with E-state index in [2.05, 4.69) is 10.1 Å². The number of aromatic nitrogens is 3. The number of amides is 1. The van der Waals surface area contributed by atoms with Crippen LogP contribution < -0.4 is 0 Å². The summed E-state index contributed by atoms with van der Waals surface area (Å²) in [4.78, 5) is 18.3. The molecule has 0 aliphatic carbocycles. The summed E-state index contributed by atoms with van der Waals surface area (Å²) >= 11 is 0. The fourth-order valence-electron chi connectivity index (χ4n) is 2.42. The van der Waals surface area contributed by atoms with Crippen LogP contribution in [0.25, 0.3) is 0 Å². The molecule has 2 aliphatic heterocycles. The molecule has 0 N–H and O–H groups in total. The second-order valence-electron chi connectivity index (χ2n) is 4.56. The molecule has 17 heavy (non-hydrogen) atoms. The van der Waals surface area contributed by atoms with E-state index in [1.807, 2.05) is 16.5 Å². The van der Waals surface area contributed by atoms with Crippen molar-refractivity contribution in [1.29, 1.82) is 0 Å². The Kier molecular flexibility index (Phi) is 2.58. The molecule has 3 heterocycles. The SMILES string of the molecule is Cc1nc2n(n1)CCN(C(=O)C1CCCO1)C2. The van der Waals surface area contributed by atoms with Gasteiger partial charge in [0.25, 0.3) is 5.91 Å². The minimum absolute atomic E-state index is 0.106. The molecular weight excluding hydrogens is 220 g/mol. The molecule has 3 rings (SSSR count). The third-order valence-electron chi connectivity index (χ3n) is 3.29. The van der Waals surface area contributed by atoms with Crippen molar-refractivity contribution in [3.8, 4) is 0 Å². The van der Waals surface area contributed by atoms with E-state index in [0.29, 0.717) is 19.7 Å². The van der Waals surface area contributed by atoms with Crippen molar-refractivity contribution in [3.05, 3.63) is 11.6 Å². The number of hydrogen-bond acceptors (Lipinski definition) is 4. The minimum atomic E-state index is -0.231. The van der Waals surface area contributed by atoms with Crippen LogP contribution in [0.15, 0.2) is 0 Å². The zero-order valence-corrected chi connectivity index (χ0v) is 9.93. The Morgan fingerprint density at radius 1 is 1.47 bits per heavy atom. The van der Waals surface area contributed by atoms with E-state index in [-0.39, 0.29) is 12.0 Å². The molecule has 0 aromatic carbocycles. The van der Waals surface area contributed by atoms with Crippen molar-refractivity contribution in [2.45, 2.75) is 39.0 Å². The van der Waals surface area contributed by atoms with E-state index in [1.54, 1.807) is 0 Å². The maximum absolute atomic E-state index is 12.2. The van der Waals surface area contributed by atoms with Crippen LogP contribution in [-0.4, -0.2) is 44.8 Å². The summed E-state index contributed by atoms with van der Waals surface area (Å²) < 4.78 is 7.31. The maximum Gasteiger partial charge on any atom is 0.252 e. The lowest BCUT2D eigenvalue weighted by atomic mass is 10.2. The molecule has 6 heteroatoms.